The number of rotatable bonds is 4. The lowest BCUT2D eigenvalue weighted by atomic mass is 9.76. The molecule has 1 aromatic rings. The summed E-state index contributed by atoms with van der Waals surface area (Å²) in [5, 5.41) is 23.3. The summed E-state index contributed by atoms with van der Waals surface area (Å²) in [6.07, 6.45) is 4.43. The van der Waals surface area contributed by atoms with E-state index in [0.717, 1.165) is 30.4 Å². The maximum atomic E-state index is 10.0. The largest absolute Gasteiger partial charge is 0.507 e. The van der Waals surface area contributed by atoms with Gasteiger partial charge in [0, 0.05) is 17.6 Å². The van der Waals surface area contributed by atoms with Crippen LogP contribution < -0.4 is 5.32 Å². The van der Waals surface area contributed by atoms with Gasteiger partial charge in [0.1, 0.15) is 5.75 Å². The summed E-state index contributed by atoms with van der Waals surface area (Å²) in [6, 6.07) is 5.80. The van der Waals surface area contributed by atoms with Crippen LogP contribution in [0.3, 0.4) is 0 Å². The van der Waals surface area contributed by atoms with Crippen molar-refractivity contribution in [3.05, 3.63) is 29.3 Å². The number of aliphatic hydroxyl groups is 1. The van der Waals surface area contributed by atoms with Crippen LogP contribution in [0, 0.1) is 12.8 Å². The van der Waals surface area contributed by atoms with Crippen LogP contribution in [-0.2, 0) is 6.54 Å². The molecule has 0 saturated heterocycles. The first-order chi connectivity index (χ1) is 9.06. The SMILES string of the molecule is Cc1cccc(CNC2(CO)CCCC(C)C2)c1O. The van der Waals surface area contributed by atoms with Crippen molar-refractivity contribution in [1.82, 2.24) is 5.32 Å². The molecule has 3 nitrogen and oxygen atoms in total. The Kier molecular flexibility index (Phi) is 4.48. The molecule has 0 spiro atoms. The molecule has 0 aromatic heterocycles. The number of para-hydroxylation sites is 1. The summed E-state index contributed by atoms with van der Waals surface area (Å²) >= 11 is 0. The van der Waals surface area contributed by atoms with Gasteiger partial charge in [0.05, 0.1) is 6.61 Å². The molecule has 0 amide bonds. The third-order valence-electron chi connectivity index (χ3n) is 4.37. The van der Waals surface area contributed by atoms with Crippen molar-refractivity contribution in [1.29, 1.82) is 0 Å². The summed E-state index contributed by atoms with van der Waals surface area (Å²) in [5.74, 6) is 1.02. The predicted molar refractivity (Wildman–Crippen MR) is 77.1 cm³/mol. The van der Waals surface area contributed by atoms with E-state index in [2.05, 4.69) is 12.2 Å². The first-order valence-electron chi connectivity index (χ1n) is 7.20. The Balaban J connectivity index is 2.05. The van der Waals surface area contributed by atoms with Gasteiger partial charge in [-0.2, -0.15) is 0 Å². The molecule has 106 valence electrons. The number of hydrogen-bond acceptors (Lipinski definition) is 3. The van der Waals surface area contributed by atoms with Crippen LogP contribution in [0.5, 0.6) is 5.75 Å². The minimum absolute atomic E-state index is 0.171. The smallest absolute Gasteiger partial charge is 0.122 e. The summed E-state index contributed by atoms with van der Waals surface area (Å²) in [7, 11) is 0. The molecule has 0 aliphatic heterocycles. The van der Waals surface area contributed by atoms with E-state index < -0.39 is 0 Å². The Morgan fingerprint density at radius 1 is 1.42 bits per heavy atom. The topological polar surface area (TPSA) is 52.5 Å². The Morgan fingerprint density at radius 3 is 2.89 bits per heavy atom. The molecule has 2 unspecified atom stereocenters. The minimum Gasteiger partial charge on any atom is -0.507 e. The molecule has 1 aliphatic carbocycles. The fourth-order valence-corrected chi connectivity index (χ4v) is 3.17. The minimum atomic E-state index is -0.173. The van der Waals surface area contributed by atoms with E-state index in [1.165, 1.54) is 6.42 Å². The van der Waals surface area contributed by atoms with Crippen molar-refractivity contribution < 1.29 is 10.2 Å². The summed E-state index contributed by atoms with van der Waals surface area (Å²) in [4.78, 5) is 0. The van der Waals surface area contributed by atoms with E-state index in [-0.39, 0.29) is 12.1 Å². The predicted octanol–water partition coefficient (Wildman–Crippen LogP) is 2.73. The van der Waals surface area contributed by atoms with Gasteiger partial charge in [0.2, 0.25) is 0 Å². The van der Waals surface area contributed by atoms with Gasteiger partial charge in [-0.15, -0.1) is 0 Å². The van der Waals surface area contributed by atoms with E-state index >= 15 is 0 Å². The molecular formula is C16H25NO2. The van der Waals surface area contributed by atoms with Gasteiger partial charge >= 0.3 is 0 Å². The average molecular weight is 263 g/mol. The number of nitrogens with one attached hydrogen (secondary N) is 1. The molecule has 19 heavy (non-hydrogen) atoms. The zero-order chi connectivity index (χ0) is 13.9. The number of phenols is 1. The Hall–Kier alpha value is -1.06. The van der Waals surface area contributed by atoms with Crippen LogP contribution in [-0.4, -0.2) is 22.4 Å². The van der Waals surface area contributed by atoms with Gasteiger partial charge in [-0.1, -0.05) is 38.0 Å². The second-order valence-corrected chi connectivity index (χ2v) is 6.08. The normalized spacial score (nSPS) is 27.4. The van der Waals surface area contributed by atoms with Gasteiger partial charge in [-0.3, -0.25) is 0 Å². The van der Waals surface area contributed by atoms with E-state index in [0.29, 0.717) is 18.2 Å². The molecular weight excluding hydrogens is 238 g/mol. The van der Waals surface area contributed by atoms with Crippen LogP contribution in [0.1, 0.15) is 43.7 Å². The fraction of sp³-hybridized carbons (Fsp3) is 0.625. The fourth-order valence-electron chi connectivity index (χ4n) is 3.17. The van der Waals surface area contributed by atoms with Crippen LogP contribution in [0.2, 0.25) is 0 Å². The zero-order valence-electron chi connectivity index (χ0n) is 11.9. The highest BCUT2D eigenvalue weighted by molar-refractivity contribution is 5.39. The van der Waals surface area contributed by atoms with Crippen molar-refractivity contribution in [3.63, 3.8) is 0 Å². The third kappa shape index (κ3) is 3.28. The summed E-state index contributed by atoms with van der Waals surface area (Å²) in [5.41, 5.74) is 1.63. The molecule has 1 fully saturated rings. The first kappa shape index (κ1) is 14.4. The Bertz CT molecular complexity index is 433. The monoisotopic (exact) mass is 263 g/mol. The highest BCUT2D eigenvalue weighted by atomic mass is 16.3. The number of aromatic hydroxyl groups is 1. The van der Waals surface area contributed by atoms with Crippen LogP contribution in [0.25, 0.3) is 0 Å². The van der Waals surface area contributed by atoms with Crippen LogP contribution in [0.15, 0.2) is 18.2 Å². The molecule has 0 heterocycles. The van der Waals surface area contributed by atoms with E-state index in [1.807, 2.05) is 25.1 Å². The van der Waals surface area contributed by atoms with Crippen molar-refractivity contribution >= 4 is 0 Å². The molecule has 3 N–H and O–H groups in total. The van der Waals surface area contributed by atoms with Gasteiger partial charge < -0.3 is 15.5 Å². The zero-order valence-corrected chi connectivity index (χ0v) is 11.9. The number of aryl methyl sites for hydroxylation is 1. The van der Waals surface area contributed by atoms with E-state index in [4.69, 9.17) is 0 Å². The Labute approximate surface area is 115 Å². The standard InChI is InChI=1S/C16H25NO2/c1-12-5-4-8-16(9-12,11-18)17-10-14-7-3-6-13(2)15(14)19/h3,6-7,12,17-19H,4-5,8-11H2,1-2H3. The maximum absolute atomic E-state index is 10.0. The van der Waals surface area contributed by atoms with Gasteiger partial charge in [0.25, 0.3) is 0 Å². The lowest BCUT2D eigenvalue weighted by molar-refractivity contribution is 0.0980. The molecule has 3 heteroatoms. The van der Waals surface area contributed by atoms with Crippen molar-refractivity contribution in [2.24, 2.45) is 5.92 Å². The summed E-state index contributed by atoms with van der Waals surface area (Å²) < 4.78 is 0. The highest BCUT2D eigenvalue weighted by Crippen LogP contribution is 2.32. The van der Waals surface area contributed by atoms with Gasteiger partial charge in [0.15, 0.2) is 0 Å². The molecule has 1 aliphatic rings. The van der Waals surface area contributed by atoms with Crippen molar-refractivity contribution in [2.75, 3.05) is 6.61 Å². The lowest BCUT2D eigenvalue weighted by Crippen LogP contribution is -2.51. The maximum Gasteiger partial charge on any atom is 0.122 e. The molecule has 2 rings (SSSR count). The van der Waals surface area contributed by atoms with E-state index in [9.17, 15) is 10.2 Å². The van der Waals surface area contributed by atoms with Gasteiger partial charge in [-0.25, -0.2) is 0 Å². The Morgan fingerprint density at radius 2 is 2.21 bits per heavy atom. The molecule has 0 bridgehead atoms. The number of benzene rings is 1. The van der Waals surface area contributed by atoms with Crippen LogP contribution in [0.4, 0.5) is 0 Å². The van der Waals surface area contributed by atoms with Crippen LogP contribution >= 0.6 is 0 Å². The summed E-state index contributed by atoms with van der Waals surface area (Å²) in [6.45, 7) is 4.93. The van der Waals surface area contributed by atoms with E-state index in [1.54, 1.807) is 0 Å². The molecule has 1 aromatic carbocycles. The van der Waals surface area contributed by atoms with Gasteiger partial charge in [-0.05, 0) is 31.2 Å². The first-order valence-corrected chi connectivity index (χ1v) is 7.20. The lowest BCUT2D eigenvalue weighted by Gasteiger charge is -2.39. The highest BCUT2D eigenvalue weighted by Gasteiger charge is 2.33. The molecule has 1 saturated carbocycles. The quantitative estimate of drug-likeness (QED) is 0.783. The second kappa shape index (κ2) is 5.93. The number of hydrogen-bond donors (Lipinski definition) is 3. The average Bonchev–Trinajstić information content (AvgIpc) is 2.40. The number of phenolic OH excluding ortho intramolecular Hbond substituents is 1. The second-order valence-electron chi connectivity index (χ2n) is 6.08. The van der Waals surface area contributed by atoms with Crippen molar-refractivity contribution in [2.45, 2.75) is 51.6 Å². The molecule has 2 atom stereocenters. The van der Waals surface area contributed by atoms with Crippen molar-refractivity contribution in [3.8, 4) is 5.75 Å². The number of aliphatic hydroxyl groups excluding tert-OH is 1. The third-order valence-corrected chi connectivity index (χ3v) is 4.37. The molecule has 0 radical (unpaired) electrons.